The van der Waals surface area contributed by atoms with Gasteiger partial charge in [0.15, 0.2) is 0 Å². The first-order valence-corrected chi connectivity index (χ1v) is 4.38. The fourth-order valence-electron chi connectivity index (χ4n) is 1.40. The van der Waals surface area contributed by atoms with Crippen molar-refractivity contribution in [1.29, 1.82) is 0 Å². The molecular formula is C12H10FN. The van der Waals surface area contributed by atoms with E-state index >= 15 is 0 Å². The van der Waals surface area contributed by atoms with Gasteiger partial charge in [-0.2, -0.15) is 0 Å². The lowest BCUT2D eigenvalue weighted by molar-refractivity contribution is 0.628. The summed E-state index contributed by atoms with van der Waals surface area (Å²) in [6, 6.07) is 13.9. The van der Waals surface area contributed by atoms with Gasteiger partial charge in [0.05, 0.1) is 0 Å². The summed E-state index contributed by atoms with van der Waals surface area (Å²) >= 11 is 0. The van der Waals surface area contributed by atoms with Gasteiger partial charge in [0.25, 0.3) is 0 Å². The average molecular weight is 187 g/mol. The summed E-state index contributed by atoms with van der Waals surface area (Å²) in [5, 5.41) is 0. The Morgan fingerprint density at radius 3 is 2.36 bits per heavy atom. The van der Waals surface area contributed by atoms with Crippen LogP contribution in [0.2, 0.25) is 0 Å². The zero-order chi connectivity index (χ0) is 9.97. The van der Waals surface area contributed by atoms with Crippen molar-refractivity contribution in [3.63, 3.8) is 0 Å². The number of anilines is 1. The smallest absolute Gasteiger partial charge is 0.123 e. The lowest BCUT2D eigenvalue weighted by atomic mass is 10.0. The molecule has 2 N–H and O–H groups in total. The third-order valence-corrected chi connectivity index (χ3v) is 2.10. The number of hydrogen-bond acceptors (Lipinski definition) is 1. The zero-order valence-corrected chi connectivity index (χ0v) is 7.57. The number of hydrogen-bond donors (Lipinski definition) is 1. The molecule has 0 aliphatic carbocycles. The van der Waals surface area contributed by atoms with Gasteiger partial charge in [-0.25, -0.2) is 4.39 Å². The number of benzene rings is 2. The molecule has 0 heterocycles. The predicted molar refractivity (Wildman–Crippen MR) is 56.2 cm³/mol. The van der Waals surface area contributed by atoms with Gasteiger partial charge in [0.1, 0.15) is 5.82 Å². The molecule has 0 aliphatic heterocycles. The van der Waals surface area contributed by atoms with E-state index in [9.17, 15) is 4.39 Å². The monoisotopic (exact) mass is 187 g/mol. The quantitative estimate of drug-likeness (QED) is 0.682. The van der Waals surface area contributed by atoms with Crippen molar-refractivity contribution in [2.75, 3.05) is 5.73 Å². The molecule has 2 aromatic rings. The molecule has 2 heteroatoms. The van der Waals surface area contributed by atoms with Gasteiger partial charge in [-0.3, -0.25) is 0 Å². The predicted octanol–water partition coefficient (Wildman–Crippen LogP) is 3.07. The molecule has 70 valence electrons. The molecule has 0 bridgehead atoms. The lowest BCUT2D eigenvalue weighted by Gasteiger charge is -2.05. The summed E-state index contributed by atoms with van der Waals surface area (Å²) in [5.74, 6) is -0.266. The van der Waals surface area contributed by atoms with Crippen molar-refractivity contribution in [3.8, 4) is 11.1 Å². The van der Waals surface area contributed by atoms with Crippen LogP contribution in [0, 0.1) is 5.82 Å². The Balaban J connectivity index is 2.57. The Morgan fingerprint density at radius 1 is 0.929 bits per heavy atom. The van der Waals surface area contributed by atoms with Gasteiger partial charge in [-0.15, -0.1) is 0 Å². The van der Waals surface area contributed by atoms with Crippen LogP contribution in [0.5, 0.6) is 0 Å². The summed E-state index contributed by atoms with van der Waals surface area (Å²) in [7, 11) is 0. The maximum Gasteiger partial charge on any atom is 0.123 e. The number of nitrogen functional groups attached to an aromatic ring is 1. The van der Waals surface area contributed by atoms with Crippen molar-refractivity contribution in [2.45, 2.75) is 0 Å². The van der Waals surface area contributed by atoms with E-state index < -0.39 is 0 Å². The first kappa shape index (κ1) is 8.75. The molecule has 0 aliphatic rings. The molecule has 1 nitrogen and oxygen atoms in total. The number of halogens is 1. The molecular weight excluding hydrogens is 177 g/mol. The van der Waals surface area contributed by atoms with Crippen LogP contribution in [0.3, 0.4) is 0 Å². The molecule has 2 aromatic carbocycles. The van der Waals surface area contributed by atoms with E-state index in [2.05, 4.69) is 0 Å². The van der Waals surface area contributed by atoms with Crippen LogP contribution in [0.15, 0.2) is 48.5 Å². The van der Waals surface area contributed by atoms with Crippen molar-refractivity contribution in [2.24, 2.45) is 0 Å². The van der Waals surface area contributed by atoms with Crippen LogP contribution < -0.4 is 5.73 Å². The maximum atomic E-state index is 13.0. The highest BCUT2D eigenvalue weighted by Gasteiger charge is 2.02. The third-order valence-electron chi connectivity index (χ3n) is 2.10. The van der Waals surface area contributed by atoms with E-state index in [-0.39, 0.29) is 5.82 Å². The molecule has 0 saturated carbocycles. The first-order valence-electron chi connectivity index (χ1n) is 4.38. The second-order valence-corrected chi connectivity index (χ2v) is 3.10. The van der Waals surface area contributed by atoms with Crippen LogP contribution in [0.4, 0.5) is 10.1 Å². The lowest BCUT2D eigenvalue weighted by Crippen LogP contribution is -1.90. The van der Waals surface area contributed by atoms with Crippen molar-refractivity contribution in [3.05, 3.63) is 54.3 Å². The highest BCUT2D eigenvalue weighted by molar-refractivity contribution is 5.76. The molecule has 0 aromatic heterocycles. The van der Waals surface area contributed by atoms with Crippen LogP contribution in [-0.4, -0.2) is 0 Å². The molecule has 0 spiro atoms. The van der Waals surface area contributed by atoms with E-state index in [1.165, 1.54) is 12.1 Å². The fraction of sp³-hybridized carbons (Fsp3) is 0. The highest BCUT2D eigenvalue weighted by Crippen LogP contribution is 2.25. The molecule has 14 heavy (non-hydrogen) atoms. The van der Waals surface area contributed by atoms with Crippen LogP contribution >= 0.6 is 0 Å². The first-order chi connectivity index (χ1) is 6.77. The van der Waals surface area contributed by atoms with E-state index in [4.69, 9.17) is 5.73 Å². The van der Waals surface area contributed by atoms with Crippen LogP contribution in [0.1, 0.15) is 0 Å². The van der Waals surface area contributed by atoms with Gasteiger partial charge in [0.2, 0.25) is 0 Å². The molecule has 0 radical (unpaired) electrons. The summed E-state index contributed by atoms with van der Waals surface area (Å²) < 4.78 is 13.0. The third kappa shape index (κ3) is 1.59. The number of nitrogens with two attached hydrogens (primary N) is 1. The van der Waals surface area contributed by atoms with Crippen molar-refractivity contribution in [1.82, 2.24) is 0 Å². The highest BCUT2D eigenvalue weighted by atomic mass is 19.1. The van der Waals surface area contributed by atoms with Crippen LogP contribution in [-0.2, 0) is 0 Å². The van der Waals surface area contributed by atoms with E-state index in [1.54, 1.807) is 6.07 Å². The van der Waals surface area contributed by atoms with Crippen molar-refractivity contribution < 1.29 is 4.39 Å². The Bertz CT molecular complexity index is 437. The van der Waals surface area contributed by atoms with Gasteiger partial charge < -0.3 is 5.73 Å². The second-order valence-electron chi connectivity index (χ2n) is 3.10. The van der Waals surface area contributed by atoms with Gasteiger partial charge >= 0.3 is 0 Å². The standard InChI is InChI=1S/C12H10FN/c13-10-6-7-12(14)11(8-10)9-4-2-1-3-5-9/h1-8H,14H2. The largest absolute Gasteiger partial charge is 0.398 e. The Kier molecular flexibility index (Phi) is 2.19. The Morgan fingerprint density at radius 2 is 1.64 bits per heavy atom. The van der Waals surface area contributed by atoms with Crippen molar-refractivity contribution >= 4 is 5.69 Å². The molecule has 0 saturated heterocycles. The molecule has 2 rings (SSSR count). The molecule has 0 unspecified atom stereocenters. The zero-order valence-electron chi connectivity index (χ0n) is 7.57. The summed E-state index contributed by atoms with van der Waals surface area (Å²) in [6.07, 6.45) is 0. The maximum absolute atomic E-state index is 13.0. The minimum absolute atomic E-state index is 0.266. The Labute approximate surface area is 82.0 Å². The minimum atomic E-state index is -0.266. The second kappa shape index (κ2) is 3.50. The van der Waals surface area contributed by atoms with E-state index in [0.29, 0.717) is 5.69 Å². The van der Waals surface area contributed by atoms with Gasteiger partial charge in [-0.05, 0) is 23.8 Å². The van der Waals surface area contributed by atoms with E-state index in [0.717, 1.165) is 11.1 Å². The van der Waals surface area contributed by atoms with Crippen LogP contribution in [0.25, 0.3) is 11.1 Å². The van der Waals surface area contributed by atoms with Gasteiger partial charge in [0, 0.05) is 11.3 Å². The Hall–Kier alpha value is -1.83. The molecule has 0 amide bonds. The average Bonchev–Trinajstić information content (AvgIpc) is 2.23. The molecule has 0 fully saturated rings. The SMILES string of the molecule is Nc1ccc(F)cc1-c1ccccc1. The molecule has 0 atom stereocenters. The summed E-state index contributed by atoms with van der Waals surface area (Å²) in [5.41, 5.74) is 8.03. The van der Waals surface area contributed by atoms with E-state index in [1.807, 2.05) is 30.3 Å². The minimum Gasteiger partial charge on any atom is -0.398 e. The normalized spacial score (nSPS) is 10.1. The summed E-state index contributed by atoms with van der Waals surface area (Å²) in [6.45, 7) is 0. The summed E-state index contributed by atoms with van der Waals surface area (Å²) in [4.78, 5) is 0. The number of rotatable bonds is 1. The fourth-order valence-corrected chi connectivity index (χ4v) is 1.40. The van der Waals surface area contributed by atoms with Gasteiger partial charge in [-0.1, -0.05) is 30.3 Å². The topological polar surface area (TPSA) is 26.0 Å².